The van der Waals surface area contributed by atoms with Crippen LogP contribution in [-0.2, 0) is 14.8 Å². The normalized spacial score (nSPS) is 13.7. The monoisotopic (exact) mass is 377 g/mol. The molecule has 0 aliphatic carbocycles. The van der Waals surface area contributed by atoms with Crippen molar-refractivity contribution in [2.45, 2.75) is 9.79 Å². The Morgan fingerprint density at radius 2 is 2.00 bits per heavy atom. The summed E-state index contributed by atoms with van der Waals surface area (Å²) in [6.07, 6.45) is 0. The van der Waals surface area contributed by atoms with E-state index in [9.17, 15) is 18.0 Å². The molecule has 3 N–H and O–H groups in total. The summed E-state index contributed by atoms with van der Waals surface area (Å²) in [4.78, 5) is 23.7. The molecule has 130 valence electrons. The summed E-state index contributed by atoms with van der Waals surface area (Å²) in [6, 6.07) is 10.6. The molecule has 0 spiro atoms. The molecule has 0 bridgehead atoms. The molecule has 1 aliphatic rings. The van der Waals surface area contributed by atoms with Crippen LogP contribution < -0.4 is 15.4 Å². The number of nitrogens with zero attached hydrogens (tertiary/aromatic N) is 1. The summed E-state index contributed by atoms with van der Waals surface area (Å²) in [5, 5.41) is 2.67. The van der Waals surface area contributed by atoms with Gasteiger partial charge in [0.25, 0.3) is 10.0 Å². The summed E-state index contributed by atoms with van der Waals surface area (Å²) in [5.74, 6) is -0.505. The van der Waals surface area contributed by atoms with E-state index in [4.69, 9.17) is 5.73 Å². The lowest BCUT2D eigenvalue weighted by atomic mass is 10.2. The van der Waals surface area contributed by atoms with E-state index >= 15 is 0 Å². The van der Waals surface area contributed by atoms with Gasteiger partial charge in [0, 0.05) is 17.5 Å². The van der Waals surface area contributed by atoms with Crippen LogP contribution in [0.4, 0.5) is 11.4 Å². The van der Waals surface area contributed by atoms with Crippen LogP contribution >= 0.6 is 11.8 Å². The number of carbonyl (C=O) groups excluding carboxylic acids is 2. The number of carbonyl (C=O) groups is 2. The highest BCUT2D eigenvalue weighted by atomic mass is 32.2. The SMILES string of the molecule is CN(c1cccc(C(N)=O)c1)S(=O)(=O)c1ccc2c(c1)NC(=O)CS2. The first-order chi connectivity index (χ1) is 11.8. The third-order valence-electron chi connectivity index (χ3n) is 3.74. The predicted octanol–water partition coefficient (Wildman–Crippen LogP) is 1.65. The zero-order chi connectivity index (χ0) is 18.2. The fourth-order valence-corrected chi connectivity index (χ4v) is 4.38. The largest absolute Gasteiger partial charge is 0.366 e. The van der Waals surface area contributed by atoms with E-state index in [-0.39, 0.29) is 16.4 Å². The van der Waals surface area contributed by atoms with Crippen LogP contribution in [0.5, 0.6) is 0 Å². The summed E-state index contributed by atoms with van der Waals surface area (Å²) < 4.78 is 26.8. The minimum Gasteiger partial charge on any atom is -0.366 e. The van der Waals surface area contributed by atoms with Gasteiger partial charge in [-0.05, 0) is 36.4 Å². The molecule has 0 radical (unpaired) electrons. The Balaban J connectivity index is 1.99. The lowest BCUT2D eigenvalue weighted by Crippen LogP contribution is -2.27. The number of sulfonamides is 1. The van der Waals surface area contributed by atoms with Crippen molar-refractivity contribution in [2.75, 3.05) is 22.4 Å². The second kappa shape index (κ2) is 6.41. The molecule has 9 heteroatoms. The molecule has 1 aliphatic heterocycles. The minimum absolute atomic E-state index is 0.0426. The van der Waals surface area contributed by atoms with E-state index in [1.54, 1.807) is 18.2 Å². The molecule has 0 saturated heterocycles. The van der Waals surface area contributed by atoms with Crippen LogP contribution in [0.2, 0.25) is 0 Å². The number of rotatable bonds is 4. The van der Waals surface area contributed by atoms with Gasteiger partial charge in [0.1, 0.15) is 0 Å². The molecule has 7 nitrogen and oxygen atoms in total. The van der Waals surface area contributed by atoms with Gasteiger partial charge in [-0.25, -0.2) is 8.42 Å². The van der Waals surface area contributed by atoms with Crippen molar-refractivity contribution in [3.8, 4) is 0 Å². The second-order valence-electron chi connectivity index (χ2n) is 5.38. The van der Waals surface area contributed by atoms with Gasteiger partial charge >= 0.3 is 0 Å². The Bertz CT molecular complexity index is 973. The van der Waals surface area contributed by atoms with Crippen LogP contribution in [0.1, 0.15) is 10.4 Å². The number of anilines is 2. The number of hydrogen-bond donors (Lipinski definition) is 2. The van der Waals surface area contributed by atoms with Crippen LogP contribution in [0, 0.1) is 0 Å². The molecule has 0 unspecified atom stereocenters. The topological polar surface area (TPSA) is 110 Å². The Morgan fingerprint density at radius 3 is 2.72 bits per heavy atom. The minimum atomic E-state index is -3.86. The smallest absolute Gasteiger partial charge is 0.264 e. The van der Waals surface area contributed by atoms with Gasteiger partial charge in [-0.3, -0.25) is 13.9 Å². The van der Waals surface area contributed by atoms with Crippen molar-refractivity contribution in [3.63, 3.8) is 0 Å². The average molecular weight is 377 g/mol. The van der Waals surface area contributed by atoms with Crippen molar-refractivity contribution < 1.29 is 18.0 Å². The molecular formula is C16H15N3O4S2. The zero-order valence-electron chi connectivity index (χ0n) is 13.2. The Morgan fingerprint density at radius 1 is 1.24 bits per heavy atom. The standard InChI is InChI=1S/C16H15N3O4S2/c1-19(11-4-2-3-10(7-11)16(17)21)25(22,23)12-5-6-14-13(8-12)18-15(20)9-24-14/h2-8H,9H2,1H3,(H2,17,21)(H,18,20). The van der Waals surface area contributed by atoms with E-state index in [0.29, 0.717) is 17.1 Å². The van der Waals surface area contributed by atoms with Crippen molar-refractivity contribution in [2.24, 2.45) is 5.73 Å². The number of benzene rings is 2. The Kier molecular flexibility index (Phi) is 4.44. The van der Waals surface area contributed by atoms with E-state index in [1.165, 1.54) is 43.1 Å². The first-order valence-corrected chi connectivity index (χ1v) is 9.67. The second-order valence-corrected chi connectivity index (χ2v) is 8.37. The molecule has 0 aromatic heterocycles. The first kappa shape index (κ1) is 17.3. The van der Waals surface area contributed by atoms with E-state index in [2.05, 4.69) is 5.32 Å². The summed E-state index contributed by atoms with van der Waals surface area (Å²) >= 11 is 1.35. The van der Waals surface area contributed by atoms with Gasteiger partial charge in [0.05, 0.1) is 22.0 Å². The van der Waals surface area contributed by atoms with Crippen molar-refractivity contribution in [3.05, 3.63) is 48.0 Å². The van der Waals surface area contributed by atoms with E-state index in [1.807, 2.05) is 0 Å². The molecule has 25 heavy (non-hydrogen) atoms. The van der Waals surface area contributed by atoms with Gasteiger partial charge in [-0.1, -0.05) is 6.07 Å². The first-order valence-electron chi connectivity index (χ1n) is 7.24. The number of primary amides is 1. The maximum Gasteiger partial charge on any atom is 0.264 e. The molecule has 2 aromatic rings. The summed E-state index contributed by atoms with van der Waals surface area (Å²) in [7, 11) is -2.47. The zero-order valence-corrected chi connectivity index (χ0v) is 14.9. The molecule has 2 aromatic carbocycles. The molecule has 3 rings (SSSR count). The number of amides is 2. The van der Waals surface area contributed by atoms with Gasteiger partial charge in [-0.15, -0.1) is 11.8 Å². The molecule has 1 heterocycles. The number of nitrogens with one attached hydrogen (secondary N) is 1. The maximum absolute atomic E-state index is 12.9. The van der Waals surface area contributed by atoms with Gasteiger partial charge in [-0.2, -0.15) is 0 Å². The predicted molar refractivity (Wildman–Crippen MR) is 96.3 cm³/mol. The van der Waals surface area contributed by atoms with Crippen molar-refractivity contribution >= 4 is 45.0 Å². The maximum atomic E-state index is 12.9. The summed E-state index contributed by atoms with van der Waals surface area (Å²) in [6.45, 7) is 0. The van der Waals surface area contributed by atoms with Crippen LogP contribution in [0.3, 0.4) is 0 Å². The van der Waals surface area contributed by atoms with Crippen LogP contribution in [-0.4, -0.2) is 33.0 Å². The van der Waals surface area contributed by atoms with Crippen LogP contribution in [0.25, 0.3) is 0 Å². The highest BCUT2D eigenvalue weighted by Gasteiger charge is 2.24. The lowest BCUT2D eigenvalue weighted by Gasteiger charge is -2.22. The molecule has 2 amide bonds. The van der Waals surface area contributed by atoms with E-state index in [0.717, 1.165) is 9.20 Å². The highest BCUT2D eigenvalue weighted by Crippen LogP contribution is 2.34. The third kappa shape index (κ3) is 3.33. The van der Waals surface area contributed by atoms with Crippen molar-refractivity contribution in [1.29, 1.82) is 0 Å². The fraction of sp³-hybridized carbons (Fsp3) is 0.125. The molecule has 0 fully saturated rings. The number of thioether (sulfide) groups is 1. The third-order valence-corrected chi connectivity index (χ3v) is 6.59. The average Bonchev–Trinajstić information content (AvgIpc) is 2.60. The Labute approximate surface area is 149 Å². The lowest BCUT2D eigenvalue weighted by molar-refractivity contribution is -0.113. The van der Waals surface area contributed by atoms with Gasteiger partial charge < -0.3 is 11.1 Å². The number of nitrogens with two attached hydrogens (primary N) is 1. The summed E-state index contributed by atoms with van der Waals surface area (Å²) in [5.41, 5.74) is 6.25. The van der Waals surface area contributed by atoms with Crippen molar-refractivity contribution in [1.82, 2.24) is 0 Å². The van der Waals surface area contributed by atoms with E-state index < -0.39 is 15.9 Å². The fourth-order valence-electron chi connectivity index (χ4n) is 2.37. The van der Waals surface area contributed by atoms with Crippen LogP contribution in [0.15, 0.2) is 52.3 Å². The molecule has 0 saturated carbocycles. The number of fused-ring (bicyclic) bond motifs is 1. The molecule has 0 atom stereocenters. The van der Waals surface area contributed by atoms with Gasteiger partial charge in [0.15, 0.2) is 0 Å². The Hall–Kier alpha value is -2.52. The van der Waals surface area contributed by atoms with Gasteiger partial charge in [0.2, 0.25) is 11.8 Å². The number of hydrogen-bond acceptors (Lipinski definition) is 5. The quantitative estimate of drug-likeness (QED) is 0.842. The highest BCUT2D eigenvalue weighted by molar-refractivity contribution is 8.00. The molecular weight excluding hydrogens is 362 g/mol.